The molecule has 0 saturated carbocycles. The standard InChI is InChI=1S/C8H6N2O4S.C8H8N2O2S.C8H7NO2S.3CH4/c11-10(12)7-3-1-2-6-4-5-15(13,14)9-8(6)7;9-7-3-1-2-6-4-5-13(11,12)10-8(6)7;10-12(11)6-5-7-3-1-2-4-8(7)9-12;;;/h1-5,9H;1-5,10H,9H2;1-6,9H;3*1H4. The van der Waals surface area contributed by atoms with E-state index in [4.69, 9.17) is 5.73 Å². The topological polar surface area (TPSA) is 208 Å². The average molecular weight is 652 g/mol. The van der Waals surface area contributed by atoms with E-state index in [0.29, 0.717) is 22.6 Å². The van der Waals surface area contributed by atoms with Crippen molar-refractivity contribution in [1.82, 2.24) is 0 Å². The van der Waals surface area contributed by atoms with Crippen molar-refractivity contribution in [3.63, 3.8) is 0 Å². The maximum absolute atomic E-state index is 11.2. The number of benzene rings is 3. The van der Waals surface area contributed by atoms with Gasteiger partial charge in [0.25, 0.3) is 35.8 Å². The molecule has 0 aliphatic carbocycles. The van der Waals surface area contributed by atoms with Gasteiger partial charge in [0.1, 0.15) is 5.69 Å². The van der Waals surface area contributed by atoms with Gasteiger partial charge >= 0.3 is 0 Å². The van der Waals surface area contributed by atoms with Gasteiger partial charge in [-0.1, -0.05) is 64.7 Å². The van der Waals surface area contributed by atoms with E-state index in [9.17, 15) is 35.4 Å². The van der Waals surface area contributed by atoms with Crippen molar-refractivity contribution in [3.05, 3.63) is 104 Å². The number of nitrogen functional groups attached to an aromatic ring is 1. The van der Waals surface area contributed by atoms with Crippen molar-refractivity contribution in [2.45, 2.75) is 22.3 Å². The maximum Gasteiger partial charge on any atom is 0.293 e. The van der Waals surface area contributed by atoms with Crippen LogP contribution in [0.2, 0.25) is 0 Å². The zero-order chi connectivity index (χ0) is 29.1. The van der Waals surface area contributed by atoms with Crippen molar-refractivity contribution >= 4 is 76.7 Å². The molecule has 0 bridgehead atoms. The van der Waals surface area contributed by atoms with Gasteiger partial charge in [-0.2, -0.15) is 0 Å². The normalized spacial score (nSPS) is 16.1. The van der Waals surface area contributed by atoms with Crippen LogP contribution < -0.4 is 19.9 Å². The highest BCUT2D eigenvalue weighted by molar-refractivity contribution is 7.96. The predicted octanol–water partition coefficient (Wildman–Crippen LogP) is 5.64. The zero-order valence-corrected chi connectivity index (χ0v) is 22.7. The van der Waals surface area contributed by atoms with Crippen molar-refractivity contribution in [3.8, 4) is 0 Å². The quantitative estimate of drug-likeness (QED) is 0.146. The first-order valence-corrected chi connectivity index (χ1v) is 15.8. The molecule has 0 radical (unpaired) electrons. The van der Waals surface area contributed by atoms with Gasteiger partial charge in [0.2, 0.25) is 0 Å². The van der Waals surface area contributed by atoms with E-state index in [1.165, 1.54) is 24.3 Å². The fraction of sp³-hybridized carbons (Fsp3) is 0.111. The fourth-order valence-corrected chi connectivity index (χ4v) is 6.27. The van der Waals surface area contributed by atoms with Crippen LogP contribution in [0.25, 0.3) is 18.2 Å². The van der Waals surface area contributed by atoms with Crippen molar-refractivity contribution in [2.75, 3.05) is 19.9 Å². The second-order valence-corrected chi connectivity index (χ2v) is 12.9. The SMILES string of the molecule is C.C.C.Nc1cccc2c1NS(=O)(=O)C=C2.O=S1(=O)C=Cc2ccccc2N1.O=[N+]([O-])c1cccc2c1NS(=O)(=O)C=C2. The molecule has 3 heterocycles. The van der Waals surface area contributed by atoms with Crippen LogP contribution in [0.5, 0.6) is 0 Å². The Balaban J connectivity index is 0.000000313. The van der Waals surface area contributed by atoms with Gasteiger partial charge in [-0.25, -0.2) is 25.3 Å². The Bertz CT molecular complexity index is 1920. The van der Waals surface area contributed by atoms with Crippen molar-refractivity contribution in [1.29, 1.82) is 0 Å². The molecular weight excluding hydrogens is 619 g/mol. The molecule has 5 N–H and O–H groups in total. The fourth-order valence-electron chi connectivity index (χ4n) is 3.57. The summed E-state index contributed by atoms with van der Waals surface area (Å²) < 4.78 is 73.5. The summed E-state index contributed by atoms with van der Waals surface area (Å²) in [6, 6.07) is 16.8. The molecule has 0 spiro atoms. The molecule has 232 valence electrons. The zero-order valence-electron chi connectivity index (χ0n) is 20.3. The molecule has 3 aliphatic rings. The van der Waals surface area contributed by atoms with Crippen LogP contribution in [0.3, 0.4) is 0 Å². The van der Waals surface area contributed by atoms with Crippen LogP contribution in [0.4, 0.5) is 28.4 Å². The van der Waals surface area contributed by atoms with Gasteiger partial charge < -0.3 is 5.73 Å². The molecule has 13 nitrogen and oxygen atoms in total. The number of hydrogen-bond donors (Lipinski definition) is 4. The third kappa shape index (κ3) is 9.16. The van der Waals surface area contributed by atoms with Crippen LogP contribution in [-0.2, 0) is 30.1 Å². The van der Waals surface area contributed by atoms with Gasteiger partial charge in [0, 0.05) is 17.2 Å². The minimum atomic E-state index is -3.59. The second kappa shape index (κ2) is 14.0. The van der Waals surface area contributed by atoms with E-state index in [1.54, 1.807) is 42.5 Å². The molecule has 0 aromatic heterocycles. The predicted molar refractivity (Wildman–Crippen MR) is 175 cm³/mol. The Morgan fingerprint density at radius 1 is 0.581 bits per heavy atom. The summed E-state index contributed by atoms with van der Waals surface area (Å²) in [5.74, 6) is 0. The summed E-state index contributed by atoms with van der Waals surface area (Å²) >= 11 is 0. The first-order valence-electron chi connectivity index (χ1n) is 11.1. The summed E-state index contributed by atoms with van der Waals surface area (Å²) in [6.45, 7) is 0. The monoisotopic (exact) mass is 651 g/mol. The molecule has 0 amide bonds. The third-order valence-corrected chi connectivity index (χ3v) is 8.35. The lowest BCUT2D eigenvalue weighted by Crippen LogP contribution is -2.14. The Hall–Kier alpha value is -4.67. The number of nitro groups is 1. The van der Waals surface area contributed by atoms with Crippen molar-refractivity contribution < 1.29 is 30.2 Å². The van der Waals surface area contributed by atoms with Crippen LogP contribution in [0.1, 0.15) is 39.0 Å². The molecule has 3 aliphatic heterocycles. The number of sulfonamides is 3. The van der Waals surface area contributed by atoms with Crippen molar-refractivity contribution in [2.24, 2.45) is 0 Å². The summed E-state index contributed by atoms with van der Waals surface area (Å²) in [6.07, 6.45) is 4.44. The van der Waals surface area contributed by atoms with Gasteiger partial charge in [0.05, 0.1) is 38.2 Å². The van der Waals surface area contributed by atoms with E-state index < -0.39 is 35.0 Å². The second-order valence-electron chi connectivity index (χ2n) is 8.25. The van der Waals surface area contributed by atoms with Gasteiger partial charge in [0.15, 0.2) is 0 Å². The van der Waals surface area contributed by atoms with Crippen LogP contribution >= 0.6 is 0 Å². The van der Waals surface area contributed by atoms with E-state index in [-0.39, 0.29) is 33.7 Å². The van der Waals surface area contributed by atoms with E-state index in [0.717, 1.165) is 27.4 Å². The molecule has 6 rings (SSSR count). The molecule has 0 atom stereocenters. The first kappa shape index (κ1) is 36.4. The van der Waals surface area contributed by atoms with Crippen LogP contribution in [0.15, 0.2) is 76.9 Å². The van der Waals surface area contributed by atoms with E-state index >= 15 is 0 Å². The highest BCUT2D eigenvalue weighted by Gasteiger charge is 2.23. The smallest absolute Gasteiger partial charge is 0.293 e. The first-order chi connectivity index (χ1) is 18.8. The van der Waals surface area contributed by atoms with Gasteiger partial charge in [-0.15, -0.1) is 0 Å². The van der Waals surface area contributed by atoms with Gasteiger partial charge in [-0.05, 0) is 35.9 Å². The summed E-state index contributed by atoms with van der Waals surface area (Å²) in [5, 5.41) is 13.9. The highest BCUT2D eigenvalue weighted by Crippen LogP contribution is 2.33. The van der Waals surface area contributed by atoms with Gasteiger partial charge in [-0.3, -0.25) is 24.3 Å². The Morgan fingerprint density at radius 3 is 1.60 bits per heavy atom. The summed E-state index contributed by atoms with van der Waals surface area (Å²) in [5.41, 5.74) is 9.08. The highest BCUT2D eigenvalue weighted by atomic mass is 32.2. The van der Waals surface area contributed by atoms with E-state index in [2.05, 4.69) is 14.2 Å². The third-order valence-electron chi connectivity index (χ3n) is 5.38. The molecule has 3 aromatic carbocycles. The molecule has 0 fully saturated rings. The number of para-hydroxylation sites is 3. The number of fused-ring (bicyclic) bond motifs is 3. The van der Waals surface area contributed by atoms with Crippen LogP contribution in [0, 0.1) is 10.1 Å². The van der Waals surface area contributed by atoms with E-state index in [1.807, 2.05) is 12.1 Å². The lowest BCUT2D eigenvalue weighted by atomic mass is 10.1. The maximum atomic E-state index is 11.2. The number of hydrogen-bond acceptors (Lipinski definition) is 9. The Labute approximate surface area is 252 Å². The molecule has 43 heavy (non-hydrogen) atoms. The summed E-state index contributed by atoms with van der Waals surface area (Å²) in [7, 11) is -10.1. The molecule has 0 saturated heterocycles. The number of nitrogens with one attached hydrogen (secondary N) is 3. The number of rotatable bonds is 1. The molecular formula is C27H33N5O8S3. The minimum Gasteiger partial charge on any atom is -0.397 e. The number of nitro benzene ring substituents is 1. The Kier molecular flexibility index (Phi) is 11.8. The largest absolute Gasteiger partial charge is 0.397 e. The number of nitrogens with zero attached hydrogens (tertiary/aromatic N) is 1. The van der Waals surface area contributed by atoms with Crippen LogP contribution in [-0.4, -0.2) is 30.2 Å². The number of anilines is 4. The molecule has 16 heteroatoms. The Morgan fingerprint density at radius 2 is 1.02 bits per heavy atom. The number of nitrogens with two attached hydrogens (primary N) is 1. The molecule has 3 aromatic rings. The summed E-state index contributed by atoms with van der Waals surface area (Å²) in [4.78, 5) is 10.0. The lowest BCUT2D eigenvalue weighted by Gasteiger charge is -2.14. The minimum absolute atomic E-state index is 0. The average Bonchev–Trinajstić information content (AvgIpc) is 2.88. The lowest BCUT2D eigenvalue weighted by molar-refractivity contribution is -0.383. The molecule has 0 unspecified atom stereocenters.